The smallest absolute Gasteiger partial charge is 0.374 e. The molecule has 0 aromatic carbocycles. The van der Waals surface area contributed by atoms with Crippen LogP contribution < -0.4 is 0 Å². The molecule has 0 spiro atoms. The highest BCUT2D eigenvalue weighted by molar-refractivity contribution is 7.11. The van der Waals surface area contributed by atoms with E-state index in [9.17, 15) is 4.79 Å². The van der Waals surface area contributed by atoms with Gasteiger partial charge in [-0.1, -0.05) is 5.16 Å². The van der Waals surface area contributed by atoms with Crippen molar-refractivity contribution in [1.29, 1.82) is 0 Å². The van der Waals surface area contributed by atoms with E-state index in [0.29, 0.717) is 5.92 Å². The number of thiophene rings is 1. The number of hydrogen-bond donors (Lipinski definition) is 1. The molecule has 1 fully saturated rings. The van der Waals surface area contributed by atoms with E-state index in [1.54, 1.807) is 6.07 Å². The third kappa shape index (κ3) is 3.33. The summed E-state index contributed by atoms with van der Waals surface area (Å²) in [5.41, 5.74) is 0.777. The molecule has 6 heteroatoms. The number of aromatic nitrogens is 1. The molecule has 0 radical (unpaired) electrons. The minimum absolute atomic E-state index is 0.0681. The number of nitrogens with zero attached hydrogens (tertiary/aromatic N) is 2. The third-order valence-corrected chi connectivity index (χ3v) is 4.91. The van der Waals surface area contributed by atoms with Crippen LogP contribution in [0.25, 0.3) is 0 Å². The molecule has 1 N–H and O–H groups in total. The molecule has 2 aromatic heterocycles. The van der Waals surface area contributed by atoms with Gasteiger partial charge in [-0.2, -0.15) is 0 Å². The lowest BCUT2D eigenvalue weighted by molar-refractivity contribution is 0.0652. The normalized spacial score (nSPS) is 17.2. The van der Waals surface area contributed by atoms with Crippen LogP contribution in [0.5, 0.6) is 0 Å². The Kier molecular flexibility index (Phi) is 4.07. The quantitative estimate of drug-likeness (QED) is 0.940. The average molecular weight is 306 g/mol. The van der Waals surface area contributed by atoms with Crippen LogP contribution in [-0.4, -0.2) is 34.2 Å². The highest BCUT2D eigenvalue weighted by Crippen LogP contribution is 2.29. The molecule has 3 heterocycles. The van der Waals surface area contributed by atoms with Crippen molar-refractivity contribution >= 4 is 17.3 Å². The van der Waals surface area contributed by atoms with E-state index in [4.69, 9.17) is 9.63 Å². The molecule has 0 amide bonds. The summed E-state index contributed by atoms with van der Waals surface area (Å²) in [6.45, 7) is 5.16. The summed E-state index contributed by atoms with van der Waals surface area (Å²) < 4.78 is 4.84. The monoisotopic (exact) mass is 306 g/mol. The summed E-state index contributed by atoms with van der Waals surface area (Å²) in [5.74, 6) is -0.816. The van der Waals surface area contributed by atoms with Crippen LogP contribution in [0.2, 0.25) is 0 Å². The van der Waals surface area contributed by atoms with E-state index < -0.39 is 5.97 Å². The van der Waals surface area contributed by atoms with Gasteiger partial charge in [0.1, 0.15) is 0 Å². The second kappa shape index (κ2) is 5.99. The maximum absolute atomic E-state index is 10.8. The van der Waals surface area contributed by atoms with Gasteiger partial charge in [0.05, 0.1) is 5.69 Å². The number of carboxylic acids is 1. The first-order valence-electron chi connectivity index (χ1n) is 7.09. The number of piperidine rings is 1. The molecule has 21 heavy (non-hydrogen) atoms. The first kappa shape index (κ1) is 14.3. The van der Waals surface area contributed by atoms with Gasteiger partial charge in [-0.25, -0.2) is 4.79 Å². The summed E-state index contributed by atoms with van der Waals surface area (Å²) in [5, 5.41) is 12.8. The molecule has 1 aliphatic heterocycles. The van der Waals surface area contributed by atoms with E-state index in [1.807, 2.05) is 11.3 Å². The SMILES string of the molecule is Cc1ccc(CN2CCC(c3cc(C(=O)O)on3)CC2)s1. The van der Waals surface area contributed by atoms with Gasteiger partial charge in [0.25, 0.3) is 0 Å². The number of carboxylic acid groups (broad SMARTS) is 1. The van der Waals surface area contributed by atoms with Crippen molar-refractivity contribution < 1.29 is 14.4 Å². The minimum atomic E-state index is -1.06. The van der Waals surface area contributed by atoms with Crippen molar-refractivity contribution in [2.24, 2.45) is 0 Å². The number of hydrogen-bond acceptors (Lipinski definition) is 5. The molecule has 5 nitrogen and oxygen atoms in total. The van der Waals surface area contributed by atoms with Crippen molar-refractivity contribution in [3.63, 3.8) is 0 Å². The van der Waals surface area contributed by atoms with Crippen molar-refractivity contribution in [1.82, 2.24) is 10.1 Å². The zero-order chi connectivity index (χ0) is 14.8. The number of aryl methyl sites for hydroxylation is 1. The van der Waals surface area contributed by atoms with E-state index >= 15 is 0 Å². The molecule has 112 valence electrons. The summed E-state index contributed by atoms with van der Waals surface area (Å²) in [4.78, 5) is 16.0. The summed E-state index contributed by atoms with van der Waals surface area (Å²) >= 11 is 1.85. The van der Waals surface area contributed by atoms with Gasteiger partial charge in [0.15, 0.2) is 0 Å². The van der Waals surface area contributed by atoms with Gasteiger partial charge < -0.3 is 9.63 Å². The highest BCUT2D eigenvalue weighted by atomic mass is 32.1. The van der Waals surface area contributed by atoms with Crippen LogP contribution >= 0.6 is 11.3 Å². The Morgan fingerprint density at radius 2 is 2.24 bits per heavy atom. The molecule has 3 rings (SSSR count). The molecular formula is C15H18N2O3S. The predicted octanol–water partition coefficient (Wildman–Crippen LogP) is 3.12. The van der Waals surface area contributed by atoms with Crippen molar-refractivity contribution in [2.45, 2.75) is 32.2 Å². The van der Waals surface area contributed by atoms with Gasteiger partial charge in [-0.3, -0.25) is 4.90 Å². The molecule has 0 atom stereocenters. The minimum Gasteiger partial charge on any atom is -0.475 e. The zero-order valence-corrected chi connectivity index (χ0v) is 12.7. The standard InChI is InChI=1S/C15H18N2O3S/c1-10-2-3-12(21-10)9-17-6-4-11(5-7-17)13-8-14(15(18)19)20-16-13/h2-3,8,11H,4-7,9H2,1H3,(H,18,19). The summed E-state index contributed by atoms with van der Waals surface area (Å²) in [7, 11) is 0. The van der Waals surface area contributed by atoms with E-state index in [1.165, 1.54) is 9.75 Å². The third-order valence-electron chi connectivity index (χ3n) is 3.92. The Labute approximate surface area is 127 Å². The van der Waals surface area contributed by atoms with Crippen LogP contribution in [0.3, 0.4) is 0 Å². The molecule has 1 saturated heterocycles. The van der Waals surface area contributed by atoms with Crippen molar-refractivity contribution in [3.8, 4) is 0 Å². The van der Waals surface area contributed by atoms with Gasteiger partial charge in [-0.05, 0) is 45.0 Å². The van der Waals surface area contributed by atoms with Crippen molar-refractivity contribution in [3.05, 3.63) is 39.4 Å². The number of likely N-dealkylation sites (tertiary alicyclic amines) is 1. The maximum Gasteiger partial charge on any atom is 0.374 e. The second-order valence-electron chi connectivity index (χ2n) is 5.48. The Balaban J connectivity index is 1.55. The van der Waals surface area contributed by atoms with Gasteiger partial charge in [0.2, 0.25) is 5.76 Å². The summed E-state index contributed by atoms with van der Waals surface area (Å²) in [6, 6.07) is 5.92. The van der Waals surface area contributed by atoms with Crippen LogP contribution in [0.15, 0.2) is 22.7 Å². The zero-order valence-electron chi connectivity index (χ0n) is 11.9. The van der Waals surface area contributed by atoms with E-state index in [-0.39, 0.29) is 5.76 Å². The van der Waals surface area contributed by atoms with Gasteiger partial charge in [-0.15, -0.1) is 11.3 Å². The topological polar surface area (TPSA) is 66.6 Å². The fraction of sp³-hybridized carbons (Fsp3) is 0.467. The molecule has 0 unspecified atom stereocenters. The second-order valence-corrected chi connectivity index (χ2v) is 6.86. The summed E-state index contributed by atoms with van der Waals surface area (Å²) in [6.07, 6.45) is 1.99. The highest BCUT2D eigenvalue weighted by Gasteiger charge is 2.24. The fourth-order valence-electron chi connectivity index (χ4n) is 2.76. The Bertz CT molecular complexity index is 626. The number of rotatable bonds is 4. The molecule has 0 aliphatic carbocycles. The molecular weight excluding hydrogens is 288 g/mol. The molecule has 2 aromatic rings. The van der Waals surface area contributed by atoms with Crippen LogP contribution in [0.1, 0.15) is 44.8 Å². The van der Waals surface area contributed by atoms with Crippen molar-refractivity contribution in [2.75, 3.05) is 13.1 Å². The van der Waals surface area contributed by atoms with Gasteiger partial charge in [0, 0.05) is 28.3 Å². The Morgan fingerprint density at radius 3 is 2.81 bits per heavy atom. The molecule has 0 saturated carbocycles. The van der Waals surface area contributed by atoms with Crippen LogP contribution in [0.4, 0.5) is 0 Å². The lowest BCUT2D eigenvalue weighted by atomic mass is 9.93. The lowest BCUT2D eigenvalue weighted by Crippen LogP contribution is -2.32. The number of carbonyl (C=O) groups is 1. The molecule has 1 aliphatic rings. The lowest BCUT2D eigenvalue weighted by Gasteiger charge is -2.30. The fourth-order valence-corrected chi connectivity index (χ4v) is 3.69. The molecule has 0 bridgehead atoms. The van der Waals surface area contributed by atoms with Crippen LogP contribution in [-0.2, 0) is 6.54 Å². The largest absolute Gasteiger partial charge is 0.475 e. The van der Waals surface area contributed by atoms with E-state index in [2.05, 4.69) is 29.1 Å². The first-order valence-corrected chi connectivity index (χ1v) is 7.91. The van der Waals surface area contributed by atoms with Gasteiger partial charge >= 0.3 is 5.97 Å². The van der Waals surface area contributed by atoms with Crippen LogP contribution in [0, 0.1) is 6.92 Å². The average Bonchev–Trinajstić information content (AvgIpc) is 3.09. The Morgan fingerprint density at radius 1 is 1.48 bits per heavy atom. The first-order chi connectivity index (χ1) is 10.1. The number of aromatic carboxylic acids is 1. The maximum atomic E-state index is 10.8. The predicted molar refractivity (Wildman–Crippen MR) is 79.8 cm³/mol. The van der Waals surface area contributed by atoms with E-state index in [0.717, 1.165) is 38.2 Å². The Hall–Kier alpha value is -1.66.